The lowest BCUT2D eigenvalue weighted by Crippen LogP contribution is -2.12. The standard InChI is InChI=1S/C15H11N5O2/c1-10-12(18-15(21)14-6-3-7-22-14)4-2-5-13(10)20-19-11(8-16)9-17/h2-7,20H,1H3,(H,18,21). The number of nitrogens with zero attached hydrogens (tertiary/aromatic N) is 3. The maximum absolute atomic E-state index is 12.0. The molecule has 0 aliphatic heterocycles. The maximum Gasteiger partial charge on any atom is 0.291 e. The molecular weight excluding hydrogens is 282 g/mol. The van der Waals surface area contributed by atoms with Gasteiger partial charge in [0, 0.05) is 5.69 Å². The van der Waals surface area contributed by atoms with Gasteiger partial charge in [0.2, 0.25) is 5.71 Å². The minimum absolute atomic E-state index is 0.201. The summed E-state index contributed by atoms with van der Waals surface area (Å²) in [4.78, 5) is 12.0. The molecule has 22 heavy (non-hydrogen) atoms. The summed E-state index contributed by atoms with van der Waals surface area (Å²) < 4.78 is 5.02. The largest absolute Gasteiger partial charge is 0.459 e. The SMILES string of the molecule is Cc1c(NN=C(C#N)C#N)cccc1NC(=O)c1ccco1. The highest BCUT2D eigenvalue weighted by molar-refractivity contribution is 6.10. The minimum Gasteiger partial charge on any atom is -0.459 e. The van der Waals surface area contributed by atoms with E-state index >= 15 is 0 Å². The van der Waals surface area contributed by atoms with E-state index in [1.165, 1.54) is 6.26 Å². The van der Waals surface area contributed by atoms with Crippen LogP contribution in [-0.4, -0.2) is 11.6 Å². The average molecular weight is 293 g/mol. The molecule has 0 bridgehead atoms. The molecule has 0 aliphatic carbocycles. The zero-order valence-corrected chi connectivity index (χ0v) is 11.6. The Morgan fingerprint density at radius 3 is 2.55 bits per heavy atom. The van der Waals surface area contributed by atoms with Crippen LogP contribution in [0.1, 0.15) is 16.1 Å². The lowest BCUT2D eigenvalue weighted by molar-refractivity contribution is 0.0996. The molecule has 0 spiro atoms. The summed E-state index contributed by atoms with van der Waals surface area (Å²) in [6.45, 7) is 1.77. The number of furan rings is 1. The second kappa shape index (κ2) is 6.73. The number of hydrogen-bond donors (Lipinski definition) is 2. The summed E-state index contributed by atoms with van der Waals surface area (Å²) in [5.74, 6) is -0.171. The van der Waals surface area contributed by atoms with Gasteiger partial charge in [0.05, 0.1) is 12.0 Å². The molecule has 0 unspecified atom stereocenters. The summed E-state index contributed by atoms with van der Waals surface area (Å²) in [7, 11) is 0. The molecule has 7 nitrogen and oxygen atoms in total. The molecule has 1 amide bonds. The molecule has 0 atom stereocenters. The molecule has 0 saturated heterocycles. The van der Waals surface area contributed by atoms with E-state index in [1.54, 1.807) is 49.4 Å². The number of nitriles is 2. The average Bonchev–Trinajstić information content (AvgIpc) is 3.06. The van der Waals surface area contributed by atoms with Crippen LogP contribution < -0.4 is 10.7 Å². The van der Waals surface area contributed by atoms with Gasteiger partial charge in [0.1, 0.15) is 12.1 Å². The van der Waals surface area contributed by atoms with Crippen LogP contribution in [0.5, 0.6) is 0 Å². The first-order valence-electron chi connectivity index (χ1n) is 6.24. The van der Waals surface area contributed by atoms with E-state index in [2.05, 4.69) is 15.8 Å². The van der Waals surface area contributed by atoms with Gasteiger partial charge in [-0.25, -0.2) is 0 Å². The summed E-state index contributed by atoms with van der Waals surface area (Å²) in [6.07, 6.45) is 1.42. The number of nitrogens with one attached hydrogen (secondary N) is 2. The number of rotatable bonds is 4. The van der Waals surface area contributed by atoms with Crippen LogP contribution in [0.4, 0.5) is 11.4 Å². The molecule has 0 fully saturated rings. The van der Waals surface area contributed by atoms with Gasteiger partial charge in [-0.15, -0.1) is 0 Å². The fraction of sp³-hybridized carbons (Fsp3) is 0.0667. The molecule has 2 rings (SSSR count). The fourth-order valence-corrected chi connectivity index (χ4v) is 1.67. The highest BCUT2D eigenvalue weighted by Crippen LogP contribution is 2.24. The van der Waals surface area contributed by atoms with E-state index < -0.39 is 0 Å². The summed E-state index contributed by atoms with van der Waals surface area (Å²) in [6, 6.07) is 11.6. The van der Waals surface area contributed by atoms with Crippen molar-refractivity contribution in [3.8, 4) is 12.1 Å². The summed E-state index contributed by atoms with van der Waals surface area (Å²) >= 11 is 0. The van der Waals surface area contributed by atoms with Crippen molar-refractivity contribution in [2.75, 3.05) is 10.7 Å². The van der Waals surface area contributed by atoms with Crippen LogP contribution in [0.3, 0.4) is 0 Å². The molecule has 7 heteroatoms. The van der Waals surface area contributed by atoms with Crippen molar-refractivity contribution < 1.29 is 9.21 Å². The third kappa shape index (κ3) is 3.30. The first kappa shape index (κ1) is 14.8. The summed E-state index contributed by atoms with van der Waals surface area (Å²) in [5.41, 5.74) is 4.19. The Morgan fingerprint density at radius 1 is 1.18 bits per heavy atom. The Bertz CT molecular complexity index is 778. The molecule has 2 N–H and O–H groups in total. The Labute approximate surface area is 126 Å². The number of carbonyl (C=O) groups is 1. The van der Waals surface area contributed by atoms with Crippen molar-refractivity contribution >= 4 is 23.0 Å². The predicted octanol–water partition coefficient (Wildman–Crippen LogP) is 2.66. The smallest absolute Gasteiger partial charge is 0.291 e. The second-order valence-corrected chi connectivity index (χ2v) is 4.21. The van der Waals surface area contributed by atoms with E-state index in [4.69, 9.17) is 14.9 Å². The molecule has 0 radical (unpaired) electrons. The number of benzene rings is 1. The topological polar surface area (TPSA) is 114 Å². The predicted molar refractivity (Wildman–Crippen MR) is 80.1 cm³/mol. The lowest BCUT2D eigenvalue weighted by Gasteiger charge is -2.11. The zero-order chi connectivity index (χ0) is 15.9. The molecule has 2 aromatic rings. The van der Waals surface area contributed by atoms with Crippen LogP contribution in [-0.2, 0) is 0 Å². The van der Waals surface area contributed by atoms with Crippen molar-refractivity contribution in [3.63, 3.8) is 0 Å². The molecular formula is C15H11N5O2. The first-order valence-corrected chi connectivity index (χ1v) is 6.24. The van der Waals surface area contributed by atoms with Crippen molar-refractivity contribution in [1.82, 2.24) is 0 Å². The van der Waals surface area contributed by atoms with Crippen LogP contribution in [0.15, 0.2) is 46.1 Å². The number of amides is 1. The molecule has 1 heterocycles. The fourth-order valence-electron chi connectivity index (χ4n) is 1.67. The van der Waals surface area contributed by atoms with Crippen molar-refractivity contribution in [1.29, 1.82) is 10.5 Å². The summed E-state index contributed by atoms with van der Waals surface area (Å²) in [5, 5.41) is 23.7. The monoisotopic (exact) mass is 293 g/mol. The molecule has 0 aliphatic rings. The normalized spacial score (nSPS) is 9.23. The number of hydrogen-bond acceptors (Lipinski definition) is 6. The molecule has 108 valence electrons. The minimum atomic E-state index is -0.372. The third-order valence-corrected chi connectivity index (χ3v) is 2.83. The maximum atomic E-state index is 12.0. The van der Waals surface area contributed by atoms with Gasteiger partial charge in [-0.1, -0.05) is 6.07 Å². The van der Waals surface area contributed by atoms with Crippen molar-refractivity contribution in [2.24, 2.45) is 5.10 Å². The Hall–Kier alpha value is -3.58. The van der Waals surface area contributed by atoms with Gasteiger partial charge < -0.3 is 9.73 Å². The van der Waals surface area contributed by atoms with E-state index in [0.717, 1.165) is 0 Å². The van der Waals surface area contributed by atoms with Gasteiger partial charge in [0.15, 0.2) is 5.76 Å². The first-order chi connectivity index (χ1) is 10.7. The van der Waals surface area contributed by atoms with E-state index in [9.17, 15) is 4.79 Å². The lowest BCUT2D eigenvalue weighted by atomic mass is 10.1. The zero-order valence-electron chi connectivity index (χ0n) is 11.6. The van der Waals surface area contributed by atoms with Gasteiger partial charge in [-0.05, 0) is 36.8 Å². The van der Waals surface area contributed by atoms with Crippen molar-refractivity contribution in [2.45, 2.75) is 6.92 Å². The van der Waals surface area contributed by atoms with E-state index in [-0.39, 0.29) is 17.4 Å². The number of carbonyl (C=O) groups excluding carboxylic acids is 1. The van der Waals surface area contributed by atoms with Crippen molar-refractivity contribution in [3.05, 3.63) is 47.9 Å². The van der Waals surface area contributed by atoms with Gasteiger partial charge in [-0.3, -0.25) is 10.2 Å². The second-order valence-electron chi connectivity index (χ2n) is 4.21. The molecule has 1 aromatic carbocycles. The molecule has 1 aromatic heterocycles. The third-order valence-electron chi connectivity index (χ3n) is 2.83. The Morgan fingerprint density at radius 2 is 1.91 bits per heavy atom. The quantitative estimate of drug-likeness (QED) is 0.664. The Balaban J connectivity index is 2.20. The van der Waals surface area contributed by atoms with Crippen LogP contribution in [0.2, 0.25) is 0 Å². The van der Waals surface area contributed by atoms with Gasteiger partial charge >= 0.3 is 0 Å². The number of hydrazone groups is 1. The number of anilines is 2. The van der Waals surface area contributed by atoms with Crippen LogP contribution >= 0.6 is 0 Å². The van der Waals surface area contributed by atoms with E-state index in [1.807, 2.05) is 0 Å². The highest BCUT2D eigenvalue weighted by Gasteiger charge is 2.11. The van der Waals surface area contributed by atoms with E-state index in [0.29, 0.717) is 16.9 Å². The highest BCUT2D eigenvalue weighted by atomic mass is 16.3. The van der Waals surface area contributed by atoms with Gasteiger partial charge in [-0.2, -0.15) is 15.6 Å². The molecule has 0 saturated carbocycles. The Kier molecular flexibility index (Phi) is 4.53. The van der Waals surface area contributed by atoms with Crippen LogP contribution in [0, 0.1) is 29.6 Å². The van der Waals surface area contributed by atoms with Gasteiger partial charge in [0.25, 0.3) is 5.91 Å². The van der Waals surface area contributed by atoms with Crippen LogP contribution in [0.25, 0.3) is 0 Å².